The van der Waals surface area contributed by atoms with Gasteiger partial charge in [0.25, 0.3) is 11.8 Å². The molecule has 0 radical (unpaired) electrons. The summed E-state index contributed by atoms with van der Waals surface area (Å²) in [5.74, 6) is -2.32. The number of rotatable bonds is 6. The number of aliphatic carboxylic acids is 2. The molecule has 5 rings (SSSR count). The first-order valence-corrected chi connectivity index (χ1v) is 12.6. The van der Waals surface area contributed by atoms with Crippen LogP contribution in [-0.4, -0.2) is 43.1 Å². The van der Waals surface area contributed by atoms with E-state index in [1.54, 1.807) is 47.9 Å². The van der Waals surface area contributed by atoms with Crippen LogP contribution in [0.5, 0.6) is 0 Å². The highest BCUT2D eigenvalue weighted by atomic mass is 35.5. The van der Waals surface area contributed by atoms with Gasteiger partial charge in [0.1, 0.15) is 5.15 Å². The molecule has 0 fully saturated rings. The van der Waals surface area contributed by atoms with E-state index in [0.29, 0.717) is 27.9 Å². The van der Waals surface area contributed by atoms with Crippen LogP contribution in [0.15, 0.2) is 97.2 Å². The molecule has 202 valence electrons. The molecule has 0 amide bonds. The number of carbonyl (C=O) groups is 4. The third-order valence-electron chi connectivity index (χ3n) is 6.28. The summed E-state index contributed by atoms with van der Waals surface area (Å²) in [6, 6.07) is 26.6. The average Bonchev–Trinajstić information content (AvgIpc) is 3.44. The molecule has 0 saturated heterocycles. The van der Waals surface area contributed by atoms with Crippen molar-refractivity contribution < 1.29 is 29.4 Å². The normalized spacial score (nSPS) is 10.6. The number of halogens is 1. The lowest BCUT2D eigenvalue weighted by Gasteiger charge is -2.07. The largest absolute Gasteiger partial charge is 0.481 e. The predicted octanol–water partition coefficient (Wildman–Crippen LogP) is 5.72. The van der Waals surface area contributed by atoms with Crippen LogP contribution in [0.1, 0.15) is 37.5 Å². The average molecular weight is 557 g/mol. The Morgan fingerprint density at radius 1 is 0.700 bits per heavy atom. The van der Waals surface area contributed by atoms with E-state index >= 15 is 0 Å². The van der Waals surface area contributed by atoms with Gasteiger partial charge in [0.05, 0.1) is 18.4 Å². The quantitative estimate of drug-likeness (QED) is 0.276. The van der Waals surface area contributed by atoms with Crippen molar-refractivity contribution in [3.05, 3.63) is 130 Å². The number of fused-ring (bicyclic) bond motifs is 1. The summed E-state index contributed by atoms with van der Waals surface area (Å²) in [4.78, 5) is 46.6. The van der Waals surface area contributed by atoms with Crippen LogP contribution in [-0.2, 0) is 22.4 Å². The monoisotopic (exact) mass is 556 g/mol. The van der Waals surface area contributed by atoms with Crippen molar-refractivity contribution in [1.82, 2.24) is 9.13 Å². The fourth-order valence-electron chi connectivity index (χ4n) is 4.41. The van der Waals surface area contributed by atoms with Gasteiger partial charge in [-0.05, 0) is 48.9 Å². The SMILES string of the molecule is Cc1c(CC(=O)O)c2ccccc2n1C(=O)c1ccccc1.O=C(O)Cc1ccn(C(=O)c2ccccc2)c1Cl. The zero-order valence-electron chi connectivity index (χ0n) is 21.5. The number of carboxylic acids is 2. The van der Waals surface area contributed by atoms with Crippen molar-refractivity contribution in [2.24, 2.45) is 0 Å². The molecule has 5 aromatic rings. The van der Waals surface area contributed by atoms with Crippen LogP contribution >= 0.6 is 11.6 Å². The Labute approximate surface area is 234 Å². The molecule has 9 heteroatoms. The Morgan fingerprint density at radius 3 is 1.80 bits per heavy atom. The number of para-hydroxylation sites is 1. The summed E-state index contributed by atoms with van der Waals surface area (Å²) >= 11 is 5.99. The number of hydrogen-bond donors (Lipinski definition) is 2. The van der Waals surface area contributed by atoms with Crippen LogP contribution < -0.4 is 0 Å². The predicted molar refractivity (Wildman–Crippen MR) is 151 cm³/mol. The van der Waals surface area contributed by atoms with E-state index in [2.05, 4.69) is 0 Å². The summed E-state index contributed by atoms with van der Waals surface area (Å²) in [5, 5.41) is 18.8. The number of aromatic nitrogens is 2. The first-order valence-electron chi connectivity index (χ1n) is 12.3. The first-order chi connectivity index (χ1) is 19.2. The fourth-order valence-corrected chi connectivity index (χ4v) is 4.67. The molecule has 40 heavy (non-hydrogen) atoms. The third-order valence-corrected chi connectivity index (χ3v) is 6.70. The Balaban J connectivity index is 0.000000189. The Hall–Kier alpha value is -4.95. The van der Waals surface area contributed by atoms with Crippen molar-refractivity contribution >= 4 is 46.3 Å². The summed E-state index contributed by atoms with van der Waals surface area (Å²) in [5.41, 5.74) is 3.61. The fraction of sp³-hybridized carbons (Fsp3) is 0.0968. The number of hydrogen-bond acceptors (Lipinski definition) is 4. The van der Waals surface area contributed by atoms with Crippen molar-refractivity contribution in [3.63, 3.8) is 0 Å². The molecule has 0 aliphatic carbocycles. The first kappa shape index (κ1) is 28.1. The smallest absolute Gasteiger partial charge is 0.307 e. The molecule has 0 bridgehead atoms. The second kappa shape index (κ2) is 12.3. The molecule has 2 heterocycles. The van der Waals surface area contributed by atoms with Gasteiger partial charge in [-0.1, -0.05) is 66.2 Å². The Morgan fingerprint density at radius 2 is 1.23 bits per heavy atom. The lowest BCUT2D eigenvalue weighted by Crippen LogP contribution is -2.14. The maximum Gasteiger partial charge on any atom is 0.307 e. The van der Waals surface area contributed by atoms with Gasteiger partial charge in [0.15, 0.2) is 0 Å². The topological polar surface area (TPSA) is 119 Å². The molecule has 2 N–H and O–H groups in total. The van der Waals surface area contributed by atoms with E-state index in [-0.39, 0.29) is 29.8 Å². The molecule has 0 saturated carbocycles. The number of carboxylic acid groups (broad SMARTS) is 2. The van der Waals surface area contributed by atoms with Gasteiger partial charge in [0.2, 0.25) is 0 Å². The van der Waals surface area contributed by atoms with Gasteiger partial charge in [-0.3, -0.25) is 28.3 Å². The van der Waals surface area contributed by atoms with Crippen LogP contribution in [0.25, 0.3) is 10.9 Å². The molecular formula is C31H25ClN2O6. The highest BCUT2D eigenvalue weighted by Gasteiger charge is 2.21. The molecule has 2 aromatic heterocycles. The van der Waals surface area contributed by atoms with Crippen molar-refractivity contribution in [3.8, 4) is 0 Å². The van der Waals surface area contributed by atoms with E-state index in [1.807, 2.05) is 48.5 Å². The van der Waals surface area contributed by atoms with E-state index in [9.17, 15) is 19.2 Å². The van der Waals surface area contributed by atoms with E-state index < -0.39 is 11.9 Å². The molecule has 0 spiro atoms. The van der Waals surface area contributed by atoms with Gasteiger partial charge in [-0.15, -0.1) is 0 Å². The summed E-state index contributed by atoms with van der Waals surface area (Å²) in [7, 11) is 0. The summed E-state index contributed by atoms with van der Waals surface area (Å²) in [6.45, 7) is 1.79. The molecule has 8 nitrogen and oxygen atoms in total. The summed E-state index contributed by atoms with van der Waals surface area (Å²) < 4.78 is 2.85. The van der Waals surface area contributed by atoms with Crippen molar-refractivity contribution in [1.29, 1.82) is 0 Å². The second-order valence-electron chi connectivity index (χ2n) is 8.90. The van der Waals surface area contributed by atoms with E-state index in [0.717, 1.165) is 10.9 Å². The van der Waals surface area contributed by atoms with Crippen molar-refractivity contribution in [2.45, 2.75) is 19.8 Å². The highest BCUT2D eigenvalue weighted by Crippen LogP contribution is 2.27. The number of nitrogens with zero attached hydrogens (tertiary/aromatic N) is 2. The van der Waals surface area contributed by atoms with Crippen LogP contribution in [0.3, 0.4) is 0 Å². The maximum absolute atomic E-state index is 12.8. The van der Waals surface area contributed by atoms with Gasteiger partial charge in [-0.2, -0.15) is 0 Å². The minimum Gasteiger partial charge on any atom is -0.481 e. The van der Waals surface area contributed by atoms with E-state index in [4.69, 9.17) is 21.8 Å². The van der Waals surface area contributed by atoms with E-state index in [1.165, 1.54) is 16.8 Å². The lowest BCUT2D eigenvalue weighted by atomic mass is 10.1. The van der Waals surface area contributed by atoms with Gasteiger partial charge >= 0.3 is 11.9 Å². The third kappa shape index (κ3) is 6.03. The highest BCUT2D eigenvalue weighted by molar-refractivity contribution is 6.32. The van der Waals surface area contributed by atoms with Gasteiger partial charge in [0, 0.05) is 34.0 Å². The minimum absolute atomic E-state index is 0.0958. The summed E-state index contributed by atoms with van der Waals surface area (Å²) in [6.07, 6.45) is 1.19. The Kier molecular flexibility index (Phi) is 8.61. The second-order valence-corrected chi connectivity index (χ2v) is 9.26. The zero-order valence-corrected chi connectivity index (χ0v) is 22.2. The molecular weight excluding hydrogens is 532 g/mol. The van der Waals surface area contributed by atoms with Gasteiger partial charge < -0.3 is 10.2 Å². The minimum atomic E-state index is -0.984. The van der Waals surface area contributed by atoms with Crippen LogP contribution in [0.2, 0.25) is 5.15 Å². The number of carbonyl (C=O) groups excluding carboxylic acids is 2. The Bertz CT molecular complexity index is 1700. The van der Waals surface area contributed by atoms with Gasteiger partial charge in [-0.25, -0.2) is 0 Å². The molecule has 3 aromatic carbocycles. The van der Waals surface area contributed by atoms with Crippen LogP contribution in [0.4, 0.5) is 0 Å². The maximum atomic E-state index is 12.8. The number of benzene rings is 3. The molecule has 0 aliphatic heterocycles. The standard InChI is InChI=1S/C18H15NO3.C13H10ClNO3/c1-12-15(11-17(20)21)14-9-5-6-10-16(14)19(12)18(22)13-7-3-2-4-8-13;14-12-10(8-11(16)17)6-7-15(12)13(18)9-4-2-1-3-5-9/h2-10H,11H2,1H3,(H,20,21);1-7H,8H2,(H,16,17). The molecule has 0 atom stereocenters. The van der Waals surface area contributed by atoms with Crippen LogP contribution in [0, 0.1) is 6.92 Å². The lowest BCUT2D eigenvalue weighted by molar-refractivity contribution is -0.137. The zero-order chi connectivity index (χ0) is 28.8. The van der Waals surface area contributed by atoms with Crippen molar-refractivity contribution in [2.75, 3.05) is 0 Å². The molecule has 0 aliphatic rings. The molecule has 0 unspecified atom stereocenters.